The lowest BCUT2D eigenvalue weighted by molar-refractivity contribution is -0.232. The topological polar surface area (TPSA) is 55.6 Å². The van der Waals surface area contributed by atoms with Crippen molar-refractivity contribution in [2.24, 2.45) is 11.3 Å². The van der Waals surface area contributed by atoms with Crippen LogP contribution in [0.1, 0.15) is 48.3 Å². The lowest BCUT2D eigenvalue weighted by atomic mass is 9.65. The predicted octanol–water partition coefficient (Wildman–Crippen LogP) is 3.37. The molecule has 0 aliphatic carbocycles. The van der Waals surface area contributed by atoms with Gasteiger partial charge in [0.25, 0.3) is 5.91 Å². The van der Waals surface area contributed by atoms with E-state index in [2.05, 4.69) is 4.98 Å². The second kappa shape index (κ2) is 6.63. The van der Waals surface area contributed by atoms with Gasteiger partial charge in [0, 0.05) is 38.1 Å². The fourth-order valence-electron chi connectivity index (χ4n) is 4.07. The van der Waals surface area contributed by atoms with Crippen LogP contribution < -0.4 is 0 Å². The van der Waals surface area contributed by atoms with E-state index in [1.54, 1.807) is 6.92 Å². The second-order valence-corrected chi connectivity index (χ2v) is 6.96. The zero-order chi connectivity index (χ0) is 18.2. The molecule has 1 amide bonds. The summed E-state index contributed by atoms with van der Waals surface area (Å²) in [7, 11) is 0. The molecule has 0 N–H and O–H groups in total. The van der Waals surface area contributed by atoms with Crippen LogP contribution in [0.2, 0.25) is 0 Å². The number of alkyl halides is 3. The number of ether oxygens (including phenoxy) is 1. The van der Waals surface area contributed by atoms with Gasteiger partial charge in [0.2, 0.25) is 5.76 Å². The van der Waals surface area contributed by atoms with Crippen LogP contribution in [-0.4, -0.2) is 48.3 Å². The van der Waals surface area contributed by atoms with Crippen LogP contribution in [-0.2, 0) is 11.2 Å². The minimum Gasteiger partial charge on any atom is -0.435 e. The van der Waals surface area contributed by atoms with Crippen LogP contribution in [0.4, 0.5) is 13.2 Å². The Bertz CT molecular complexity index is 636. The SMILES string of the molecule is CCc1nc(C)c(C(=O)N2CCC(C(F)(F)F)C3(CCOCC3)C2)o1. The first kappa shape index (κ1) is 18.2. The molecule has 0 saturated carbocycles. The molecule has 0 radical (unpaired) electrons. The highest BCUT2D eigenvalue weighted by Crippen LogP contribution is 2.51. The molecule has 5 nitrogen and oxygen atoms in total. The molecule has 8 heteroatoms. The van der Waals surface area contributed by atoms with E-state index in [9.17, 15) is 18.0 Å². The molecule has 1 atom stereocenters. The van der Waals surface area contributed by atoms with E-state index in [0.29, 0.717) is 44.1 Å². The van der Waals surface area contributed by atoms with E-state index in [4.69, 9.17) is 9.15 Å². The standard InChI is InChI=1S/C17H23F3N2O3/c1-3-13-21-11(2)14(25-13)15(23)22-7-4-12(17(18,19)20)16(10-22)5-8-24-9-6-16/h12H,3-10H2,1-2H3. The van der Waals surface area contributed by atoms with Gasteiger partial charge in [0.15, 0.2) is 5.89 Å². The lowest BCUT2D eigenvalue weighted by Gasteiger charge is -2.50. The maximum atomic E-state index is 13.6. The van der Waals surface area contributed by atoms with Crippen molar-refractivity contribution in [3.05, 3.63) is 17.3 Å². The summed E-state index contributed by atoms with van der Waals surface area (Å²) in [4.78, 5) is 18.5. The van der Waals surface area contributed by atoms with Crippen molar-refractivity contribution >= 4 is 5.91 Å². The molecule has 2 fully saturated rings. The Kier molecular flexibility index (Phi) is 4.83. The smallest absolute Gasteiger partial charge is 0.392 e. The number of carbonyl (C=O) groups excluding carboxylic acids is 1. The van der Waals surface area contributed by atoms with Crippen LogP contribution >= 0.6 is 0 Å². The Hall–Kier alpha value is -1.57. The van der Waals surface area contributed by atoms with Gasteiger partial charge in [-0.05, 0) is 26.2 Å². The van der Waals surface area contributed by atoms with Crippen molar-refractivity contribution < 1.29 is 27.1 Å². The van der Waals surface area contributed by atoms with Gasteiger partial charge in [0.1, 0.15) is 0 Å². The number of rotatable bonds is 2. The highest BCUT2D eigenvalue weighted by Gasteiger charge is 2.56. The third kappa shape index (κ3) is 3.41. The third-order valence-electron chi connectivity index (χ3n) is 5.44. The molecule has 1 unspecified atom stereocenters. The summed E-state index contributed by atoms with van der Waals surface area (Å²) in [6.45, 7) is 4.31. The molecule has 2 aliphatic rings. The maximum Gasteiger partial charge on any atom is 0.392 e. The first-order valence-corrected chi connectivity index (χ1v) is 8.67. The molecule has 0 bridgehead atoms. The van der Waals surface area contributed by atoms with Gasteiger partial charge in [-0.15, -0.1) is 0 Å². The highest BCUT2D eigenvalue weighted by molar-refractivity contribution is 5.92. The second-order valence-electron chi connectivity index (χ2n) is 6.96. The Labute approximate surface area is 144 Å². The number of aryl methyl sites for hydroxylation is 2. The monoisotopic (exact) mass is 360 g/mol. The van der Waals surface area contributed by atoms with Crippen LogP contribution in [0.15, 0.2) is 4.42 Å². The zero-order valence-electron chi connectivity index (χ0n) is 14.5. The molecule has 2 aliphatic heterocycles. The summed E-state index contributed by atoms with van der Waals surface area (Å²) in [5, 5.41) is 0. The van der Waals surface area contributed by atoms with Gasteiger partial charge in [0.05, 0.1) is 11.6 Å². The van der Waals surface area contributed by atoms with Gasteiger partial charge < -0.3 is 14.1 Å². The van der Waals surface area contributed by atoms with Crippen molar-refractivity contribution in [3.63, 3.8) is 0 Å². The molecular formula is C17H23F3N2O3. The Morgan fingerprint density at radius 3 is 2.60 bits per heavy atom. The number of oxazole rings is 1. The fourth-order valence-corrected chi connectivity index (χ4v) is 4.07. The maximum absolute atomic E-state index is 13.6. The molecule has 25 heavy (non-hydrogen) atoms. The number of halogens is 3. The molecule has 140 valence electrons. The Morgan fingerprint density at radius 2 is 2.04 bits per heavy atom. The molecular weight excluding hydrogens is 337 g/mol. The largest absolute Gasteiger partial charge is 0.435 e. The minimum absolute atomic E-state index is 0.0766. The predicted molar refractivity (Wildman–Crippen MR) is 83.2 cm³/mol. The van der Waals surface area contributed by atoms with Gasteiger partial charge in [-0.2, -0.15) is 13.2 Å². The molecule has 1 aromatic heterocycles. The minimum atomic E-state index is -4.26. The number of hydrogen-bond acceptors (Lipinski definition) is 4. The summed E-state index contributed by atoms with van der Waals surface area (Å²) < 4.78 is 51.5. The summed E-state index contributed by atoms with van der Waals surface area (Å²) in [6, 6.07) is 0. The number of piperidine rings is 1. The van der Waals surface area contributed by atoms with Crippen LogP contribution in [0.3, 0.4) is 0 Å². The normalized spacial score (nSPS) is 23.9. The third-order valence-corrected chi connectivity index (χ3v) is 5.44. The Balaban J connectivity index is 1.85. The van der Waals surface area contributed by atoms with Crippen LogP contribution in [0, 0.1) is 18.3 Å². The molecule has 3 rings (SSSR count). The number of nitrogens with zero attached hydrogens (tertiary/aromatic N) is 2. The van der Waals surface area contributed by atoms with E-state index < -0.39 is 17.5 Å². The quantitative estimate of drug-likeness (QED) is 0.811. The molecule has 0 aromatic carbocycles. The number of amides is 1. The number of carbonyl (C=O) groups is 1. The number of hydrogen-bond donors (Lipinski definition) is 0. The van der Waals surface area contributed by atoms with Crippen molar-refractivity contribution in [1.29, 1.82) is 0 Å². The summed E-state index contributed by atoms with van der Waals surface area (Å²) >= 11 is 0. The van der Waals surface area contributed by atoms with E-state index in [1.165, 1.54) is 4.90 Å². The first-order valence-electron chi connectivity index (χ1n) is 8.67. The fraction of sp³-hybridized carbons (Fsp3) is 0.765. The van der Waals surface area contributed by atoms with Gasteiger partial charge >= 0.3 is 6.18 Å². The van der Waals surface area contributed by atoms with Crippen molar-refractivity contribution in [2.45, 2.75) is 45.7 Å². The average Bonchev–Trinajstić information content (AvgIpc) is 2.94. The molecule has 3 heterocycles. The Morgan fingerprint density at radius 1 is 1.36 bits per heavy atom. The summed E-state index contributed by atoms with van der Waals surface area (Å²) in [6.07, 6.45) is -3.15. The van der Waals surface area contributed by atoms with Crippen molar-refractivity contribution in [3.8, 4) is 0 Å². The van der Waals surface area contributed by atoms with E-state index in [1.807, 2.05) is 6.92 Å². The number of likely N-dealkylation sites (tertiary alicyclic amines) is 1. The zero-order valence-corrected chi connectivity index (χ0v) is 14.5. The van der Waals surface area contributed by atoms with Crippen molar-refractivity contribution in [1.82, 2.24) is 9.88 Å². The summed E-state index contributed by atoms with van der Waals surface area (Å²) in [5.74, 6) is -1.15. The van der Waals surface area contributed by atoms with E-state index >= 15 is 0 Å². The van der Waals surface area contributed by atoms with Gasteiger partial charge in [-0.25, -0.2) is 4.98 Å². The average molecular weight is 360 g/mol. The van der Waals surface area contributed by atoms with Crippen molar-refractivity contribution in [2.75, 3.05) is 26.3 Å². The lowest BCUT2D eigenvalue weighted by Crippen LogP contribution is -2.56. The van der Waals surface area contributed by atoms with Crippen LogP contribution in [0.5, 0.6) is 0 Å². The molecule has 1 aromatic rings. The van der Waals surface area contributed by atoms with Crippen LogP contribution in [0.25, 0.3) is 0 Å². The first-order chi connectivity index (χ1) is 11.8. The molecule has 2 saturated heterocycles. The van der Waals surface area contributed by atoms with Gasteiger partial charge in [-0.3, -0.25) is 4.79 Å². The summed E-state index contributed by atoms with van der Waals surface area (Å²) in [5.41, 5.74) is -0.479. The molecule has 1 spiro atoms. The van der Waals surface area contributed by atoms with Gasteiger partial charge in [-0.1, -0.05) is 6.92 Å². The van der Waals surface area contributed by atoms with E-state index in [-0.39, 0.29) is 31.2 Å². The number of aromatic nitrogens is 1. The highest BCUT2D eigenvalue weighted by atomic mass is 19.4. The van der Waals surface area contributed by atoms with E-state index in [0.717, 1.165) is 0 Å².